The van der Waals surface area contributed by atoms with Gasteiger partial charge in [-0.15, -0.1) is 0 Å². The van der Waals surface area contributed by atoms with E-state index >= 15 is 0 Å². The summed E-state index contributed by atoms with van der Waals surface area (Å²) in [6.45, 7) is 2.54. The van der Waals surface area contributed by atoms with E-state index in [0.29, 0.717) is 13.2 Å². The highest BCUT2D eigenvalue weighted by atomic mass is 19.1. The average Bonchev–Trinajstić information content (AvgIpc) is 2.31. The second-order valence-electron chi connectivity index (χ2n) is 3.84. The Hall–Kier alpha value is -0.930. The minimum atomic E-state index is -0.327. The first-order chi connectivity index (χ1) is 7.40. The average molecular weight is 209 g/mol. The molecule has 15 heavy (non-hydrogen) atoms. The van der Waals surface area contributed by atoms with Gasteiger partial charge in [0, 0.05) is 13.1 Å². The Bertz CT molecular complexity index is 291. The van der Waals surface area contributed by atoms with Gasteiger partial charge in [-0.1, -0.05) is 30.3 Å². The van der Waals surface area contributed by atoms with Crippen LogP contribution in [-0.2, 0) is 11.3 Å². The fourth-order valence-electron chi connectivity index (χ4n) is 1.86. The number of rotatable bonds is 3. The second kappa shape index (κ2) is 5.24. The van der Waals surface area contributed by atoms with Gasteiger partial charge in [-0.3, -0.25) is 4.90 Å². The summed E-state index contributed by atoms with van der Waals surface area (Å²) in [6, 6.07) is 10.1. The molecule has 1 saturated heterocycles. The zero-order valence-electron chi connectivity index (χ0n) is 8.73. The van der Waals surface area contributed by atoms with Crippen LogP contribution in [0.1, 0.15) is 5.56 Å². The van der Waals surface area contributed by atoms with Crippen LogP contribution in [0.5, 0.6) is 0 Å². The lowest BCUT2D eigenvalue weighted by Gasteiger charge is -2.33. The molecule has 1 heterocycles. The maximum atomic E-state index is 12.7. The highest BCUT2D eigenvalue weighted by Gasteiger charge is 2.22. The van der Waals surface area contributed by atoms with Crippen molar-refractivity contribution in [1.82, 2.24) is 4.90 Å². The summed E-state index contributed by atoms with van der Waals surface area (Å²) in [4.78, 5) is 2.15. The monoisotopic (exact) mass is 209 g/mol. The number of morpholine rings is 1. The fraction of sp³-hybridized carbons (Fsp3) is 0.500. The molecule has 0 aliphatic carbocycles. The van der Waals surface area contributed by atoms with E-state index in [1.165, 1.54) is 5.56 Å². The molecule has 1 unspecified atom stereocenters. The van der Waals surface area contributed by atoms with Gasteiger partial charge < -0.3 is 4.74 Å². The van der Waals surface area contributed by atoms with E-state index in [0.717, 1.165) is 13.1 Å². The van der Waals surface area contributed by atoms with Crippen molar-refractivity contribution in [1.29, 1.82) is 0 Å². The first kappa shape index (κ1) is 10.6. The third-order valence-corrected chi connectivity index (χ3v) is 2.76. The highest BCUT2D eigenvalue weighted by Crippen LogP contribution is 2.12. The van der Waals surface area contributed by atoms with E-state index in [1.54, 1.807) is 0 Å². The number of halogens is 1. The smallest absolute Gasteiger partial charge is 0.107 e. The van der Waals surface area contributed by atoms with Gasteiger partial charge in [0.1, 0.15) is 6.67 Å². The van der Waals surface area contributed by atoms with Crippen molar-refractivity contribution in [2.75, 3.05) is 26.4 Å². The predicted octanol–water partition coefficient (Wildman–Crippen LogP) is 1.86. The molecule has 3 heteroatoms. The van der Waals surface area contributed by atoms with Crippen molar-refractivity contribution < 1.29 is 9.13 Å². The first-order valence-corrected chi connectivity index (χ1v) is 5.32. The minimum Gasteiger partial charge on any atom is -0.378 e. The van der Waals surface area contributed by atoms with E-state index in [-0.39, 0.29) is 12.7 Å². The third kappa shape index (κ3) is 2.76. The van der Waals surface area contributed by atoms with E-state index in [1.807, 2.05) is 18.2 Å². The number of alkyl halides is 1. The number of ether oxygens (including phenoxy) is 1. The molecule has 0 amide bonds. The molecule has 0 N–H and O–H groups in total. The van der Waals surface area contributed by atoms with E-state index in [9.17, 15) is 4.39 Å². The summed E-state index contributed by atoms with van der Waals surface area (Å²) >= 11 is 0. The molecule has 0 radical (unpaired) electrons. The molecule has 1 aromatic rings. The lowest BCUT2D eigenvalue weighted by atomic mass is 10.1. The lowest BCUT2D eigenvalue weighted by Crippen LogP contribution is -2.46. The molecule has 0 bridgehead atoms. The van der Waals surface area contributed by atoms with Crippen LogP contribution in [-0.4, -0.2) is 37.4 Å². The molecule has 0 aromatic heterocycles. The SMILES string of the molecule is FCC1COCCN1Cc1ccccc1. The maximum Gasteiger partial charge on any atom is 0.107 e. The van der Waals surface area contributed by atoms with Gasteiger partial charge in [-0.25, -0.2) is 4.39 Å². The van der Waals surface area contributed by atoms with E-state index in [2.05, 4.69) is 17.0 Å². The van der Waals surface area contributed by atoms with E-state index in [4.69, 9.17) is 4.74 Å². The lowest BCUT2D eigenvalue weighted by molar-refractivity contribution is -0.0197. The molecule has 1 aromatic carbocycles. The molecule has 1 atom stereocenters. The molecule has 2 nitrogen and oxygen atoms in total. The third-order valence-electron chi connectivity index (χ3n) is 2.76. The van der Waals surface area contributed by atoms with Gasteiger partial charge in [0.25, 0.3) is 0 Å². The second-order valence-corrected chi connectivity index (χ2v) is 3.84. The molecule has 0 saturated carbocycles. The van der Waals surface area contributed by atoms with Crippen molar-refractivity contribution >= 4 is 0 Å². The highest BCUT2D eigenvalue weighted by molar-refractivity contribution is 5.14. The number of hydrogen-bond acceptors (Lipinski definition) is 2. The Morgan fingerprint density at radius 3 is 2.87 bits per heavy atom. The van der Waals surface area contributed by atoms with Crippen molar-refractivity contribution in [3.63, 3.8) is 0 Å². The fourth-order valence-corrected chi connectivity index (χ4v) is 1.86. The number of nitrogens with zero attached hydrogens (tertiary/aromatic N) is 1. The van der Waals surface area contributed by atoms with Gasteiger partial charge in [-0.2, -0.15) is 0 Å². The van der Waals surface area contributed by atoms with Crippen molar-refractivity contribution in [3.8, 4) is 0 Å². The Morgan fingerprint density at radius 1 is 1.33 bits per heavy atom. The first-order valence-electron chi connectivity index (χ1n) is 5.32. The van der Waals surface area contributed by atoms with Crippen LogP contribution in [0.25, 0.3) is 0 Å². The largest absolute Gasteiger partial charge is 0.378 e. The molecule has 1 aliphatic rings. The molecule has 1 aliphatic heterocycles. The quantitative estimate of drug-likeness (QED) is 0.753. The molecule has 2 rings (SSSR count). The Balaban J connectivity index is 1.97. The topological polar surface area (TPSA) is 12.5 Å². The summed E-state index contributed by atoms with van der Waals surface area (Å²) in [6.07, 6.45) is 0. The van der Waals surface area contributed by atoms with Crippen molar-refractivity contribution in [2.45, 2.75) is 12.6 Å². The minimum absolute atomic E-state index is 0.0704. The van der Waals surface area contributed by atoms with Gasteiger partial charge in [0.15, 0.2) is 0 Å². The number of benzene rings is 1. The van der Waals surface area contributed by atoms with Crippen LogP contribution in [0.15, 0.2) is 30.3 Å². The summed E-state index contributed by atoms with van der Waals surface area (Å²) < 4.78 is 18.0. The maximum absolute atomic E-state index is 12.7. The van der Waals surface area contributed by atoms with Crippen LogP contribution in [0.4, 0.5) is 4.39 Å². The van der Waals surface area contributed by atoms with E-state index < -0.39 is 0 Å². The summed E-state index contributed by atoms with van der Waals surface area (Å²) in [5, 5.41) is 0. The molecule has 1 fully saturated rings. The molecule has 0 spiro atoms. The van der Waals surface area contributed by atoms with Gasteiger partial charge in [0.2, 0.25) is 0 Å². The van der Waals surface area contributed by atoms with Gasteiger partial charge >= 0.3 is 0 Å². The van der Waals surface area contributed by atoms with Crippen molar-refractivity contribution in [3.05, 3.63) is 35.9 Å². The Labute approximate surface area is 89.7 Å². The van der Waals surface area contributed by atoms with Crippen LogP contribution >= 0.6 is 0 Å². The van der Waals surface area contributed by atoms with Crippen LogP contribution in [0.2, 0.25) is 0 Å². The Morgan fingerprint density at radius 2 is 2.13 bits per heavy atom. The summed E-state index contributed by atoms with van der Waals surface area (Å²) in [7, 11) is 0. The summed E-state index contributed by atoms with van der Waals surface area (Å²) in [5.74, 6) is 0. The predicted molar refractivity (Wildman–Crippen MR) is 57.4 cm³/mol. The van der Waals surface area contributed by atoms with Crippen molar-refractivity contribution in [2.24, 2.45) is 0 Å². The zero-order valence-corrected chi connectivity index (χ0v) is 8.73. The van der Waals surface area contributed by atoms with Gasteiger partial charge in [0.05, 0.1) is 19.3 Å². The van der Waals surface area contributed by atoms with Crippen LogP contribution < -0.4 is 0 Å². The standard InChI is InChI=1S/C12H16FNO/c13-8-12-10-15-7-6-14(12)9-11-4-2-1-3-5-11/h1-5,12H,6-10H2. The molecular formula is C12H16FNO. The van der Waals surface area contributed by atoms with Crippen LogP contribution in [0, 0.1) is 0 Å². The number of hydrogen-bond donors (Lipinski definition) is 0. The summed E-state index contributed by atoms with van der Waals surface area (Å²) in [5.41, 5.74) is 1.23. The zero-order chi connectivity index (χ0) is 10.5. The molecular weight excluding hydrogens is 193 g/mol. The van der Waals surface area contributed by atoms with Gasteiger partial charge in [-0.05, 0) is 5.56 Å². The molecule has 82 valence electrons. The van der Waals surface area contributed by atoms with Crippen LogP contribution in [0.3, 0.4) is 0 Å². The Kier molecular flexibility index (Phi) is 3.69. The normalized spacial score (nSPS) is 22.9.